The Kier molecular flexibility index (Phi) is 11.7. The molecule has 1 N–H and O–H groups in total. The number of hydrogen-bond acceptors (Lipinski definition) is 3. The van der Waals surface area contributed by atoms with E-state index < -0.39 is 7.82 Å². The predicted molar refractivity (Wildman–Crippen MR) is 86.7 cm³/mol. The van der Waals surface area contributed by atoms with Gasteiger partial charge in [-0.15, -0.1) is 0 Å². The van der Waals surface area contributed by atoms with E-state index >= 15 is 0 Å². The zero-order valence-electron chi connectivity index (χ0n) is 14.3. The van der Waals surface area contributed by atoms with Crippen LogP contribution in [0.15, 0.2) is 0 Å². The average molecular weight is 324 g/mol. The molecule has 128 valence electrons. The van der Waals surface area contributed by atoms with Crippen molar-refractivity contribution in [2.75, 3.05) is 27.7 Å². The van der Waals surface area contributed by atoms with Crippen LogP contribution in [0.3, 0.4) is 0 Å². The Morgan fingerprint density at radius 3 is 1.71 bits per heavy atom. The lowest BCUT2D eigenvalue weighted by molar-refractivity contribution is -1.04. The van der Waals surface area contributed by atoms with Gasteiger partial charge in [0.1, 0.15) is 0 Å². The van der Waals surface area contributed by atoms with Crippen molar-refractivity contribution >= 4 is 7.82 Å². The number of hydrogen-bond donors (Lipinski definition) is 1. The standard InChI is InChI=1S/C15H34NO4P/c1-5-6-7-8-9-10-11-12-13-14-15-19-21(17,18)20-16(2,3)4/h5-15H2,1-4H3/p+1. The van der Waals surface area contributed by atoms with Crippen molar-refractivity contribution in [2.24, 2.45) is 0 Å². The molecule has 0 bridgehead atoms. The topological polar surface area (TPSA) is 55.8 Å². The Morgan fingerprint density at radius 1 is 0.857 bits per heavy atom. The summed E-state index contributed by atoms with van der Waals surface area (Å²) in [6.45, 7) is 2.52. The van der Waals surface area contributed by atoms with Crippen LogP contribution in [0, 0.1) is 0 Å². The molecule has 1 unspecified atom stereocenters. The van der Waals surface area contributed by atoms with E-state index in [2.05, 4.69) is 6.92 Å². The molecule has 0 aromatic rings. The lowest BCUT2D eigenvalue weighted by Crippen LogP contribution is -2.33. The number of rotatable bonds is 14. The minimum Gasteiger partial charge on any atom is -0.300 e. The predicted octanol–water partition coefficient (Wildman–Crippen LogP) is 4.66. The van der Waals surface area contributed by atoms with Crippen LogP contribution in [0.25, 0.3) is 0 Å². The highest BCUT2D eigenvalue weighted by Crippen LogP contribution is 2.45. The third kappa shape index (κ3) is 16.3. The van der Waals surface area contributed by atoms with Gasteiger partial charge in [-0.1, -0.05) is 69.3 Å². The van der Waals surface area contributed by atoms with Gasteiger partial charge < -0.3 is 0 Å². The molecule has 0 saturated heterocycles. The van der Waals surface area contributed by atoms with Crippen LogP contribution < -0.4 is 0 Å². The van der Waals surface area contributed by atoms with E-state index in [0.29, 0.717) is 0 Å². The number of hydroxylamine groups is 3. The largest absolute Gasteiger partial charge is 0.518 e. The number of quaternary nitrogens is 1. The molecule has 0 radical (unpaired) electrons. The van der Waals surface area contributed by atoms with Crippen molar-refractivity contribution in [3.8, 4) is 0 Å². The van der Waals surface area contributed by atoms with E-state index in [4.69, 9.17) is 9.15 Å². The van der Waals surface area contributed by atoms with Crippen molar-refractivity contribution in [1.29, 1.82) is 0 Å². The van der Waals surface area contributed by atoms with Gasteiger partial charge in [0.2, 0.25) is 0 Å². The fourth-order valence-electron chi connectivity index (χ4n) is 2.10. The first-order valence-electron chi connectivity index (χ1n) is 8.27. The number of nitrogens with zero attached hydrogens (tertiary/aromatic N) is 1. The number of phosphoric acid groups is 1. The van der Waals surface area contributed by atoms with Gasteiger partial charge in [0.15, 0.2) is 0 Å². The zero-order valence-corrected chi connectivity index (χ0v) is 15.2. The molecule has 0 aliphatic rings. The highest BCUT2D eigenvalue weighted by atomic mass is 31.2. The fraction of sp³-hybridized carbons (Fsp3) is 1.00. The molecule has 0 rings (SSSR count). The zero-order chi connectivity index (χ0) is 16.2. The van der Waals surface area contributed by atoms with E-state index in [0.717, 1.165) is 12.8 Å². The van der Waals surface area contributed by atoms with Crippen LogP contribution in [0.5, 0.6) is 0 Å². The van der Waals surface area contributed by atoms with Crippen molar-refractivity contribution in [3.05, 3.63) is 0 Å². The molecule has 0 aromatic carbocycles. The van der Waals surface area contributed by atoms with Gasteiger partial charge in [-0.05, 0) is 6.42 Å². The molecular formula is C15H35NO4P+. The monoisotopic (exact) mass is 324 g/mol. The highest BCUT2D eigenvalue weighted by Gasteiger charge is 2.30. The Balaban J connectivity index is 3.38. The Bertz CT molecular complexity index is 292. The maximum absolute atomic E-state index is 11.6. The summed E-state index contributed by atoms with van der Waals surface area (Å²) in [7, 11) is 1.10. The van der Waals surface area contributed by atoms with Crippen LogP contribution in [-0.4, -0.2) is 37.3 Å². The van der Waals surface area contributed by atoms with Crippen molar-refractivity contribution < 1.29 is 23.3 Å². The van der Waals surface area contributed by atoms with Crippen LogP contribution >= 0.6 is 7.82 Å². The number of unbranched alkanes of at least 4 members (excludes halogenated alkanes) is 9. The van der Waals surface area contributed by atoms with Crippen molar-refractivity contribution in [1.82, 2.24) is 0 Å². The van der Waals surface area contributed by atoms with Gasteiger partial charge in [-0.3, -0.25) is 9.42 Å². The van der Waals surface area contributed by atoms with Crippen molar-refractivity contribution in [3.63, 3.8) is 0 Å². The Hall–Kier alpha value is 0.0700. The summed E-state index contributed by atoms with van der Waals surface area (Å²) in [5.74, 6) is 0. The van der Waals surface area contributed by atoms with Gasteiger partial charge >= 0.3 is 7.82 Å². The summed E-state index contributed by atoms with van der Waals surface area (Å²) in [5.41, 5.74) is 0. The normalized spacial score (nSPS) is 15.1. The molecule has 0 heterocycles. The first-order chi connectivity index (χ1) is 9.77. The van der Waals surface area contributed by atoms with Gasteiger partial charge in [0.25, 0.3) is 0 Å². The average Bonchev–Trinajstić information content (AvgIpc) is 2.33. The second-order valence-electron chi connectivity index (χ2n) is 6.45. The van der Waals surface area contributed by atoms with E-state index in [-0.39, 0.29) is 11.3 Å². The molecule has 6 heteroatoms. The summed E-state index contributed by atoms with van der Waals surface area (Å²) < 4.78 is 21.4. The van der Waals surface area contributed by atoms with Crippen LogP contribution in [-0.2, 0) is 13.7 Å². The summed E-state index contributed by atoms with van der Waals surface area (Å²) in [4.78, 5) is 9.49. The highest BCUT2D eigenvalue weighted by molar-refractivity contribution is 7.47. The molecule has 0 saturated carbocycles. The van der Waals surface area contributed by atoms with Gasteiger partial charge in [-0.25, -0.2) is 4.57 Å². The Morgan fingerprint density at radius 2 is 1.29 bits per heavy atom. The minimum absolute atomic E-state index is 0.0498. The second kappa shape index (κ2) is 11.6. The molecule has 0 amide bonds. The number of phosphoric ester groups is 1. The molecule has 5 nitrogen and oxygen atoms in total. The van der Waals surface area contributed by atoms with Gasteiger partial charge in [0, 0.05) is 0 Å². The molecule has 0 aromatic heterocycles. The van der Waals surface area contributed by atoms with Crippen LogP contribution in [0.2, 0.25) is 0 Å². The SMILES string of the molecule is CCCCCCCCCCCCOP(=O)(O)O[N+](C)(C)C. The summed E-state index contributed by atoms with van der Waals surface area (Å²) in [5, 5.41) is 0. The van der Waals surface area contributed by atoms with E-state index in [1.54, 1.807) is 21.1 Å². The molecule has 0 fully saturated rings. The molecule has 0 aliphatic carbocycles. The van der Waals surface area contributed by atoms with Gasteiger partial charge in [0.05, 0.1) is 27.7 Å². The van der Waals surface area contributed by atoms with Crippen LogP contribution in [0.1, 0.15) is 71.1 Å². The first kappa shape index (κ1) is 21.1. The van der Waals surface area contributed by atoms with Gasteiger partial charge in [-0.2, -0.15) is 4.65 Å². The minimum atomic E-state index is -3.92. The van der Waals surface area contributed by atoms with E-state index in [1.807, 2.05) is 0 Å². The molecular weight excluding hydrogens is 289 g/mol. The van der Waals surface area contributed by atoms with Crippen LogP contribution in [0.4, 0.5) is 0 Å². The third-order valence-corrected chi connectivity index (χ3v) is 4.31. The first-order valence-corrected chi connectivity index (χ1v) is 9.76. The molecule has 21 heavy (non-hydrogen) atoms. The smallest absolute Gasteiger partial charge is 0.300 e. The quantitative estimate of drug-likeness (QED) is 0.218. The maximum Gasteiger partial charge on any atom is 0.518 e. The van der Waals surface area contributed by atoms with E-state index in [1.165, 1.54) is 51.4 Å². The Labute approximate surface area is 130 Å². The lowest BCUT2D eigenvalue weighted by atomic mass is 10.1. The summed E-state index contributed by atoms with van der Waals surface area (Å²) >= 11 is 0. The molecule has 0 spiro atoms. The third-order valence-electron chi connectivity index (χ3n) is 3.10. The van der Waals surface area contributed by atoms with E-state index in [9.17, 15) is 9.46 Å². The van der Waals surface area contributed by atoms with Crippen molar-refractivity contribution in [2.45, 2.75) is 71.1 Å². The molecule has 0 aliphatic heterocycles. The second-order valence-corrected chi connectivity index (χ2v) is 7.81. The lowest BCUT2D eigenvalue weighted by Gasteiger charge is -2.22. The summed E-state index contributed by atoms with van der Waals surface area (Å²) in [6, 6.07) is 0. The fourth-order valence-corrected chi connectivity index (χ4v) is 3.13. The summed E-state index contributed by atoms with van der Waals surface area (Å²) in [6.07, 6.45) is 12.3. The molecule has 1 atom stereocenters. The maximum atomic E-state index is 11.6.